The first-order valence-corrected chi connectivity index (χ1v) is 11.0. The molecule has 0 saturated carbocycles. The summed E-state index contributed by atoms with van der Waals surface area (Å²) in [6.45, 7) is 4.69. The third-order valence-corrected chi connectivity index (χ3v) is 7.76. The molecule has 0 radical (unpaired) electrons. The number of piperidine rings is 1. The fraction of sp³-hybridized carbons (Fsp3) is 0.450. The molecule has 2 aromatic heterocycles. The van der Waals surface area contributed by atoms with Crippen molar-refractivity contribution in [2.45, 2.75) is 41.8 Å². The summed E-state index contributed by atoms with van der Waals surface area (Å²) in [4.78, 5) is 12.5. The minimum Gasteiger partial charge on any atom is -0.376 e. The van der Waals surface area contributed by atoms with Crippen molar-refractivity contribution in [1.29, 1.82) is 0 Å². The molecule has 0 amide bonds. The summed E-state index contributed by atoms with van der Waals surface area (Å²) in [5.74, 6) is 0.903. The zero-order valence-electron chi connectivity index (χ0n) is 16.5. The maximum Gasteiger partial charge on any atom is 0.147 e. The standard InChI is InChI=1S/C20H23ClN6OS.ClH/c1-12-19(22)20(11-28-12)4-6-27(7-5-20)15-9-24-16(10-23-15)29-14-3-2-13-8-25-26-18(13)17(14)21;/h2-3,8-10,12,19H,4-7,11,22H2,1H3,(H,25,26);1H/t12-,19+;/m0./s1. The van der Waals surface area contributed by atoms with Crippen LogP contribution in [0, 0.1) is 5.41 Å². The molecule has 5 rings (SSSR count). The highest BCUT2D eigenvalue weighted by molar-refractivity contribution is 7.99. The number of rotatable bonds is 3. The summed E-state index contributed by atoms with van der Waals surface area (Å²) >= 11 is 8.00. The molecule has 0 aliphatic carbocycles. The highest BCUT2D eigenvalue weighted by Crippen LogP contribution is 2.42. The van der Waals surface area contributed by atoms with Crippen molar-refractivity contribution in [3.05, 3.63) is 35.7 Å². The Balaban J connectivity index is 0.00000218. The molecule has 0 unspecified atom stereocenters. The molecule has 1 spiro atoms. The van der Waals surface area contributed by atoms with Crippen LogP contribution in [0.5, 0.6) is 0 Å². The molecule has 1 aromatic carbocycles. The average molecular weight is 467 g/mol. The summed E-state index contributed by atoms with van der Waals surface area (Å²) in [5, 5.41) is 9.43. The van der Waals surface area contributed by atoms with Crippen LogP contribution in [-0.4, -0.2) is 52.0 Å². The van der Waals surface area contributed by atoms with E-state index in [1.165, 1.54) is 11.8 Å². The number of halogens is 2. The number of nitrogens with one attached hydrogen (secondary N) is 1. The molecule has 2 aliphatic heterocycles. The first-order chi connectivity index (χ1) is 14.1. The zero-order chi connectivity index (χ0) is 20.0. The van der Waals surface area contributed by atoms with E-state index in [0.717, 1.165) is 59.2 Å². The van der Waals surface area contributed by atoms with Gasteiger partial charge in [-0.1, -0.05) is 23.4 Å². The van der Waals surface area contributed by atoms with E-state index in [-0.39, 0.29) is 30.0 Å². The van der Waals surface area contributed by atoms with Gasteiger partial charge in [0.25, 0.3) is 0 Å². The van der Waals surface area contributed by atoms with E-state index in [0.29, 0.717) is 5.02 Å². The Hall–Kier alpha value is -1.58. The molecular formula is C20H24Cl2N6OS. The van der Waals surface area contributed by atoms with Gasteiger partial charge in [-0.3, -0.25) is 5.10 Å². The van der Waals surface area contributed by atoms with Crippen LogP contribution in [0.1, 0.15) is 19.8 Å². The van der Waals surface area contributed by atoms with Gasteiger partial charge in [0.2, 0.25) is 0 Å². The van der Waals surface area contributed by atoms with Crippen LogP contribution in [0.15, 0.2) is 40.6 Å². The van der Waals surface area contributed by atoms with Crippen LogP contribution in [0.4, 0.5) is 5.82 Å². The van der Waals surface area contributed by atoms with Gasteiger partial charge in [0.05, 0.1) is 41.8 Å². The number of anilines is 1. The van der Waals surface area contributed by atoms with E-state index in [2.05, 4.69) is 32.0 Å². The molecule has 10 heteroatoms. The number of hydrogen-bond donors (Lipinski definition) is 2. The highest BCUT2D eigenvalue weighted by Gasteiger charge is 2.47. The summed E-state index contributed by atoms with van der Waals surface area (Å²) in [5.41, 5.74) is 7.37. The fourth-order valence-electron chi connectivity index (χ4n) is 4.33. The van der Waals surface area contributed by atoms with E-state index < -0.39 is 0 Å². The zero-order valence-corrected chi connectivity index (χ0v) is 18.9. The normalized spacial score (nSPS) is 23.1. The van der Waals surface area contributed by atoms with Crippen molar-refractivity contribution in [3.8, 4) is 0 Å². The molecule has 160 valence electrons. The number of aromatic amines is 1. The maximum absolute atomic E-state index is 6.50. The number of ether oxygens (including phenoxy) is 1. The number of fused-ring (bicyclic) bond motifs is 1. The Labute approximate surface area is 190 Å². The minimum absolute atomic E-state index is 0. The number of nitrogens with two attached hydrogens (primary N) is 1. The SMILES string of the molecule is C[C@@H]1OCC2(CCN(c3cnc(Sc4ccc5cn[nH]c5c4Cl)cn3)CC2)[C@@H]1N.Cl. The van der Waals surface area contributed by atoms with Crippen molar-refractivity contribution in [2.75, 3.05) is 24.6 Å². The lowest BCUT2D eigenvalue weighted by Crippen LogP contribution is -2.50. The Morgan fingerprint density at radius 1 is 1.23 bits per heavy atom. The van der Waals surface area contributed by atoms with Crippen molar-refractivity contribution < 1.29 is 4.74 Å². The molecule has 2 saturated heterocycles. The van der Waals surface area contributed by atoms with E-state index in [4.69, 9.17) is 22.1 Å². The molecule has 30 heavy (non-hydrogen) atoms. The molecular weight excluding hydrogens is 443 g/mol. The van der Waals surface area contributed by atoms with Gasteiger partial charge in [-0.2, -0.15) is 5.10 Å². The van der Waals surface area contributed by atoms with Gasteiger partial charge in [-0.15, -0.1) is 12.4 Å². The summed E-state index contributed by atoms with van der Waals surface area (Å²) in [7, 11) is 0. The summed E-state index contributed by atoms with van der Waals surface area (Å²) in [6.07, 6.45) is 7.61. The van der Waals surface area contributed by atoms with Crippen molar-refractivity contribution in [1.82, 2.24) is 20.2 Å². The topological polar surface area (TPSA) is 93.0 Å². The smallest absolute Gasteiger partial charge is 0.147 e. The molecule has 2 atom stereocenters. The molecule has 3 N–H and O–H groups in total. The largest absolute Gasteiger partial charge is 0.376 e. The Bertz CT molecular complexity index is 1020. The van der Waals surface area contributed by atoms with E-state index in [9.17, 15) is 0 Å². The minimum atomic E-state index is 0. The van der Waals surface area contributed by atoms with Crippen LogP contribution in [-0.2, 0) is 4.74 Å². The first-order valence-electron chi connectivity index (χ1n) is 9.79. The molecule has 3 aromatic rings. The van der Waals surface area contributed by atoms with Crippen molar-refractivity contribution >= 4 is 52.5 Å². The lowest BCUT2D eigenvalue weighted by molar-refractivity contribution is 0.0974. The average Bonchev–Trinajstić information content (AvgIpc) is 3.33. The number of benzene rings is 1. The lowest BCUT2D eigenvalue weighted by atomic mass is 9.73. The maximum atomic E-state index is 6.50. The van der Waals surface area contributed by atoms with Gasteiger partial charge < -0.3 is 15.4 Å². The van der Waals surface area contributed by atoms with E-state index >= 15 is 0 Å². The van der Waals surface area contributed by atoms with Crippen LogP contribution in [0.3, 0.4) is 0 Å². The lowest BCUT2D eigenvalue weighted by Gasteiger charge is -2.41. The summed E-state index contributed by atoms with van der Waals surface area (Å²) < 4.78 is 5.81. The Morgan fingerprint density at radius 2 is 2.03 bits per heavy atom. The van der Waals surface area contributed by atoms with Gasteiger partial charge >= 0.3 is 0 Å². The molecule has 0 bridgehead atoms. The second-order valence-corrected chi connectivity index (χ2v) is 9.36. The van der Waals surface area contributed by atoms with E-state index in [1.54, 1.807) is 6.20 Å². The van der Waals surface area contributed by atoms with Crippen LogP contribution < -0.4 is 10.6 Å². The van der Waals surface area contributed by atoms with Crippen LogP contribution in [0.2, 0.25) is 5.02 Å². The molecule has 4 heterocycles. The number of H-pyrrole nitrogens is 1. The Morgan fingerprint density at radius 3 is 2.70 bits per heavy atom. The van der Waals surface area contributed by atoms with Crippen molar-refractivity contribution in [3.63, 3.8) is 0 Å². The third-order valence-electron chi connectivity index (χ3n) is 6.28. The molecule has 2 fully saturated rings. The predicted molar refractivity (Wildman–Crippen MR) is 122 cm³/mol. The van der Waals surface area contributed by atoms with Crippen LogP contribution >= 0.6 is 35.8 Å². The van der Waals surface area contributed by atoms with Gasteiger partial charge in [0.15, 0.2) is 0 Å². The third kappa shape index (κ3) is 3.76. The Kier molecular flexibility index (Phi) is 6.14. The van der Waals surface area contributed by atoms with E-state index in [1.807, 2.05) is 24.5 Å². The van der Waals surface area contributed by atoms with Gasteiger partial charge in [0.1, 0.15) is 10.8 Å². The van der Waals surface area contributed by atoms with Crippen LogP contribution in [0.25, 0.3) is 10.9 Å². The quantitative estimate of drug-likeness (QED) is 0.603. The van der Waals surface area contributed by atoms with Gasteiger partial charge in [-0.05, 0) is 31.9 Å². The van der Waals surface area contributed by atoms with Gasteiger partial charge in [-0.25, -0.2) is 9.97 Å². The number of aromatic nitrogens is 4. The number of hydrogen-bond acceptors (Lipinski definition) is 7. The second kappa shape index (κ2) is 8.51. The summed E-state index contributed by atoms with van der Waals surface area (Å²) in [6, 6.07) is 4.10. The molecule has 2 aliphatic rings. The van der Waals surface area contributed by atoms with Crippen molar-refractivity contribution in [2.24, 2.45) is 11.1 Å². The first kappa shape index (κ1) is 21.6. The number of nitrogens with zero attached hydrogens (tertiary/aromatic N) is 4. The fourth-order valence-corrected chi connectivity index (χ4v) is 5.42. The highest BCUT2D eigenvalue weighted by atomic mass is 35.5. The molecule has 7 nitrogen and oxygen atoms in total. The second-order valence-electron chi connectivity index (χ2n) is 7.92. The monoisotopic (exact) mass is 466 g/mol. The van der Waals surface area contributed by atoms with Gasteiger partial charge in [0, 0.05) is 34.8 Å². The predicted octanol–water partition coefficient (Wildman–Crippen LogP) is 3.91.